The van der Waals surface area contributed by atoms with Crippen molar-refractivity contribution in [3.05, 3.63) is 83.9 Å². The van der Waals surface area contributed by atoms with Crippen LogP contribution in [0.2, 0.25) is 0 Å². The number of primary amides is 3. The largest absolute Gasteiger partial charge is 0.508 e. The van der Waals surface area contributed by atoms with Crippen LogP contribution in [0.25, 0.3) is 0 Å². The lowest BCUT2D eigenvalue weighted by atomic mass is 10.00. The highest BCUT2D eigenvalue weighted by molar-refractivity contribution is 6.00. The zero-order valence-electron chi connectivity index (χ0n) is 68.7. The molecule has 16 amide bonds. The molecule has 41 nitrogen and oxygen atoms in total. The number of unbranched alkanes of at least 4 members (excludes halogenated alkanes) is 2. The minimum atomic E-state index is -1.98. The van der Waals surface area contributed by atoms with Crippen molar-refractivity contribution in [2.24, 2.45) is 52.2 Å². The Morgan fingerprint density at radius 1 is 0.412 bits per heavy atom. The molecule has 14 atom stereocenters. The first-order valence-corrected chi connectivity index (χ1v) is 39.7. The predicted octanol–water partition coefficient (Wildman–Crippen LogP) is -4.92. The molecule has 0 aliphatic rings. The zero-order chi connectivity index (χ0) is 89.2. The maximum atomic E-state index is 14.7. The Morgan fingerprint density at radius 2 is 0.807 bits per heavy atom. The first-order chi connectivity index (χ1) is 56.1. The molecular formula is C78H123N21O20. The number of aromatic hydroxyl groups is 1. The van der Waals surface area contributed by atoms with Gasteiger partial charge >= 0.3 is 5.97 Å². The van der Waals surface area contributed by atoms with Gasteiger partial charge in [-0.3, -0.25) is 81.5 Å². The molecule has 119 heavy (non-hydrogen) atoms. The molecule has 0 unspecified atom stereocenters. The van der Waals surface area contributed by atoms with Gasteiger partial charge in [0.2, 0.25) is 94.5 Å². The Morgan fingerprint density at radius 3 is 1.29 bits per heavy atom. The molecule has 3 aromatic rings. The molecular weight excluding hydrogens is 1550 g/mol. The molecule has 0 saturated heterocycles. The molecule has 0 bridgehead atoms. The Balaban J connectivity index is 1.98. The Hall–Kier alpha value is -11.7. The van der Waals surface area contributed by atoms with Crippen molar-refractivity contribution in [2.45, 2.75) is 256 Å². The minimum absolute atomic E-state index is 0.0436. The second kappa shape index (κ2) is 52.9. The number of nitrogens with zero attached hydrogens (tertiary/aromatic N) is 1. The van der Waals surface area contributed by atoms with E-state index in [1.54, 1.807) is 58.0 Å². The van der Waals surface area contributed by atoms with Gasteiger partial charge in [-0.25, -0.2) is 4.98 Å². The van der Waals surface area contributed by atoms with Gasteiger partial charge in [-0.1, -0.05) is 90.4 Å². The number of aliphatic hydroxyl groups excluding tert-OH is 1. The number of phenols is 1. The summed E-state index contributed by atoms with van der Waals surface area (Å²) in [4.78, 5) is 240. The Bertz CT molecular complexity index is 3850. The molecule has 1 aromatic heterocycles. The predicted molar refractivity (Wildman–Crippen MR) is 433 cm³/mol. The standard InChI is InChI=1S/C78H123N21O20/c1-41(2)32-55(66(84)107)94-73(114)56(33-42(3)4)89-63(104)39-86-69(110)52(24-27-61(82)102)91-76(117)59(35-46-16-10-9-11-17-46)98-78(119)65(45(8)100)99-77(118)60(37-48-38-85-40-87-48)97-72(113)54(26-29-64(105)106)93-74(115)57(34-43(5)6)96-71(112)53(25-28-62(83)103)92-75(116)58(36-47-20-22-49(101)23-21-47)95-67(108)44(7)88-70(111)51(19-13-15-31-80)90-68(109)50(81)18-12-14-30-79/h9-11,16-17,20-23,38,40-45,50-60,65,100-101H,12-15,18-19,24-37,39,79-81H2,1-8H3,(H2,82,102)(H2,83,103)(H2,84,107)(H,85,87)(H,86,110)(H,88,111)(H,89,104)(H,90,109)(H,91,117)(H,92,116)(H,93,115)(H,94,114)(H,95,108)(H,96,112)(H,97,113)(H,98,119)(H,99,118)(H,105,106)/t44-,45+,50-,51-,52-,53-,54-,55-,56-,57-,58-,59-,60-,65-/m0/s1. The number of imidazole rings is 1. The van der Waals surface area contributed by atoms with Gasteiger partial charge in [-0.2, -0.15) is 0 Å². The van der Waals surface area contributed by atoms with Gasteiger partial charge in [-0.15, -0.1) is 0 Å². The van der Waals surface area contributed by atoms with E-state index < -0.39 is 243 Å². The fourth-order valence-corrected chi connectivity index (χ4v) is 12.2. The monoisotopic (exact) mass is 1670 g/mol. The number of nitrogens with one attached hydrogen (secondary N) is 14. The number of hydrogen-bond acceptors (Lipinski definition) is 23. The normalized spacial score (nSPS) is 14.7. The fourth-order valence-electron chi connectivity index (χ4n) is 12.2. The SMILES string of the molecule is CC(C)C[C@H](NC(=O)[C@H](CC(C)C)NC(=O)CNC(=O)[C@H](CCC(N)=O)NC(=O)[C@H](Cc1ccccc1)NC(=O)[C@@H](NC(=O)[C@H](Cc1cnc[nH]1)NC(=O)[C@H](CCC(=O)O)NC(=O)[C@H](CC(C)C)NC(=O)[C@H](CCC(N)=O)NC(=O)[C@H](Cc1ccc(O)cc1)NC(=O)[C@H](C)NC(=O)[C@H](CCCCN)NC(=O)[C@@H](N)CCCCN)[C@@H](C)O)C(N)=O. The number of aliphatic hydroxyl groups is 1. The summed E-state index contributed by atoms with van der Waals surface area (Å²) in [7, 11) is 0. The van der Waals surface area contributed by atoms with E-state index in [0.29, 0.717) is 43.4 Å². The van der Waals surface area contributed by atoms with Crippen LogP contribution in [0.1, 0.15) is 169 Å². The van der Waals surface area contributed by atoms with E-state index in [1.807, 2.05) is 13.8 Å². The number of benzene rings is 2. The van der Waals surface area contributed by atoms with Gasteiger partial charge < -0.3 is 124 Å². The molecule has 1 heterocycles. The van der Waals surface area contributed by atoms with Crippen LogP contribution >= 0.6 is 0 Å². The van der Waals surface area contributed by atoms with Crippen LogP contribution in [0.4, 0.5) is 0 Å². The van der Waals surface area contributed by atoms with E-state index in [-0.39, 0.29) is 74.8 Å². The van der Waals surface area contributed by atoms with Gasteiger partial charge in [0, 0.05) is 50.4 Å². The van der Waals surface area contributed by atoms with Crippen molar-refractivity contribution in [2.75, 3.05) is 19.6 Å². The second-order valence-corrected chi connectivity index (χ2v) is 30.6. The maximum absolute atomic E-state index is 14.7. The number of hydrogen-bond donors (Lipinski definition) is 23. The fraction of sp³-hybridized carbons (Fsp3) is 0.590. The summed E-state index contributed by atoms with van der Waals surface area (Å²) in [6, 6.07) is -6.10. The smallest absolute Gasteiger partial charge is 0.303 e. The van der Waals surface area contributed by atoms with Gasteiger partial charge in [-0.05, 0) is 139 Å². The van der Waals surface area contributed by atoms with E-state index in [0.717, 1.165) is 6.92 Å². The molecule has 0 aliphatic carbocycles. The van der Waals surface area contributed by atoms with Crippen LogP contribution in [0.15, 0.2) is 67.1 Å². The summed E-state index contributed by atoms with van der Waals surface area (Å²) in [6.45, 7) is 12.8. The Kier molecular flexibility index (Phi) is 45.1. The lowest BCUT2D eigenvalue weighted by Gasteiger charge is -2.29. The third kappa shape index (κ3) is 39.4. The van der Waals surface area contributed by atoms with Crippen LogP contribution in [0, 0.1) is 17.8 Å². The van der Waals surface area contributed by atoms with Crippen LogP contribution < -0.4 is 104 Å². The summed E-state index contributed by atoms with van der Waals surface area (Å²) in [5, 5.41) is 63.8. The first kappa shape index (κ1) is 101. The molecule has 0 radical (unpaired) electrons. The lowest BCUT2D eigenvalue weighted by molar-refractivity contribution is -0.139. The van der Waals surface area contributed by atoms with E-state index in [4.69, 9.17) is 34.4 Å². The van der Waals surface area contributed by atoms with E-state index in [2.05, 4.69) is 79.1 Å². The molecule has 41 heteroatoms. The highest BCUT2D eigenvalue weighted by atomic mass is 16.4. The lowest BCUT2D eigenvalue weighted by Crippen LogP contribution is -2.62. The highest BCUT2D eigenvalue weighted by Crippen LogP contribution is 2.17. The molecule has 660 valence electrons. The van der Waals surface area contributed by atoms with Crippen molar-refractivity contribution in [1.82, 2.24) is 79.1 Å². The third-order valence-corrected chi connectivity index (χ3v) is 18.6. The number of nitrogens with two attached hydrogens (primary N) is 6. The molecule has 3 rings (SSSR count). The summed E-state index contributed by atoms with van der Waals surface area (Å²) in [6.07, 6.45) is -1.30. The summed E-state index contributed by atoms with van der Waals surface area (Å²) < 4.78 is 0. The number of amides is 16. The van der Waals surface area contributed by atoms with Crippen LogP contribution in [-0.4, -0.2) is 230 Å². The Labute approximate surface area is 690 Å². The van der Waals surface area contributed by atoms with Crippen molar-refractivity contribution in [3.63, 3.8) is 0 Å². The van der Waals surface area contributed by atoms with Crippen LogP contribution in [-0.2, 0) is 101 Å². The van der Waals surface area contributed by atoms with Crippen molar-refractivity contribution >= 4 is 100 Å². The average molecular weight is 1670 g/mol. The number of H-pyrrole nitrogens is 1. The maximum Gasteiger partial charge on any atom is 0.303 e. The van der Waals surface area contributed by atoms with Gasteiger partial charge in [0.1, 0.15) is 78.3 Å². The number of carbonyl (C=O) groups excluding carboxylic acids is 16. The van der Waals surface area contributed by atoms with Gasteiger partial charge in [0.15, 0.2) is 0 Å². The van der Waals surface area contributed by atoms with E-state index >= 15 is 0 Å². The highest BCUT2D eigenvalue weighted by Gasteiger charge is 2.39. The zero-order valence-corrected chi connectivity index (χ0v) is 68.7. The molecule has 2 aromatic carbocycles. The topological polar surface area (TPSA) is 692 Å². The minimum Gasteiger partial charge on any atom is -0.508 e. The molecule has 0 saturated carbocycles. The summed E-state index contributed by atoms with van der Waals surface area (Å²) >= 11 is 0. The first-order valence-electron chi connectivity index (χ1n) is 39.7. The number of carboxylic acids is 1. The van der Waals surface area contributed by atoms with E-state index in [9.17, 15) is 96.8 Å². The second-order valence-electron chi connectivity index (χ2n) is 30.6. The number of rotatable bonds is 57. The van der Waals surface area contributed by atoms with Crippen molar-refractivity contribution in [1.29, 1.82) is 0 Å². The number of carbonyl (C=O) groups is 17. The molecule has 0 aliphatic heterocycles. The molecule has 0 fully saturated rings. The number of aromatic amines is 1. The molecule has 29 N–H and O–H groups in total. The number of aromatic nitrogens is 2. The van der Waals surface area contributed by atoms with E-state index in [1.165, 1.54) is 43.7 Å². The van der Waals surface area contributed by atoms with Crippen LogP contribution in [0.3, 0.4) is 0 Å². The molecule has 0 spiro atoms. The van der Waals surface area contributed by atoms with Crippen LogP contribution in [0.5, 0.6) is 5.75 Å². The van der Waals surface area contributed by atoms with Crippen molar-refractivity contribution < 1.29 is 96.8 Å². The quantitative estimate of drug-likeness (QED) is 0.0236. The number of phenolic OH excluding ortho intramolecular Hbond substituents is 1. The van der Waals surface area contributed by atoms with Gasteiger partial charge in [0.25, 0.3) is 0 Å². The summed E-state index contributed by atoms with van der Waals surface area (Å²) in [5.41, 5.74) is 34.9. The van der Waals surface area contributed by atoms with Gasteiger partial charge in [0.05, 0.1) is 25.0 Å². The summed E-state index contributed by atoms with van der Waals surface area (Å²) in [5.74, 6) is -17.7. The average Bonchev–Trinajstić information content (AvgIpc) is 1.44. The third-order valence-electron chi connectivity index (χ3n) is 18.6. The number of carboxylic acid groups (broad SMARTS) is 1. The number of aliphatic carboxylic acids is 1. The van der Waals surface area contributed by atoms with Crippen molar-refractivity contribution in [3.8, 4) is 5.75 Å².